The second kappa shape index (κ2) is 14.8. The second-order valence-electron chi connectivity index (χ2n) is 10.8. The Hall–Kier alpha value is -6.11. The zero-order valence-corrected chi connectivity index (χ0v) is 27.4. The number of carbonyl (C=O) groups excluding carboxylic acids is 4. The third-order valence-corrected chi connectivity index (χ3v) is 7.99. The first-order chi connectivity index (χ1) is 23.6. The van der Waals surface area contributed by atoms with E-state index in [-0.39, 0.29) is 52.0 Å². The van der Waals surface area contributed by atoms with Crippen molar-refractivity contribution < 1.29 is 47.3 Å². The van der Waals surface area contributed by atoms with E-state index in [1.165, 1.54) is 82.9 Å². The standard InChI is InChI=1S/C36H34FN3O9/c1-45-24-14-15-26(28(18-24)46-2)38-35(43)32(22-16-29(47-3)34(49-5)30(17-22)48-4)40(19-21-10-12-23(37)13-11-21)31(41)20-39-27-9-7-6-8-25(27)33(42)36(39)44/h6-18,32H,19-20H2,1-5H3,(H,38,43). The monoisotopic (exact) mass is 671 g/mol. The molecule has 1 unspecified atom stereocenters. The van der Waals surface area contributed by atoms with Gasteiger partial charge in [0, 0.05) is 12.6 Å². The van der Waals surface area contributed by atoms with E-state index in [1.807, 2.05) is 0 Å². The number of Topliss-reactive ketones (excluding diaryl/α,β-unsaturated/α-hetero) is 1. The number of anilines is 2. The number of ether oxygens (including phenoxy) is 5. The first-order valence-electron chi connectivity index (χ1n) is 15.0. The molecule has 254 valence electrons. The van der Waals surface area contributed by atoms with Gasteiger partial charge < -0.3 is 33.9 Å². The summed E-state index contributed by atoms with van der Waals surface area (Å²) in [6, 6.07) is 18.2. The number of para-hydroxylation sites is 1. The quantitative estimate of drug-likeness (QED) is 0.199. The number of fused-ring (bicyclic) bond motifs is 1. The van der Waals surface area contributed by atoms with E-state index in [4.69, 9.17) is 23.7 Å². The summed E-state index contributed by atoms with van der Waals surface area (Å²) in [6.07, 6.45) is 0. The molecule has 1 heterocycles. The maximum absolute atomic E-state index is 14.5. The fourth-order valence-corrected chi connectivity index (χ4v) is 5.58. The van der Waals surface area contributed by atoms with Crippen LogP contribution in [-0.2, 0) is 20.9 Å². The highest BCUT2D eigenvalue weighted by molar-refractivity contribution is 6.52. The molecule has 13 heteroatoms. The highest BCUT2D eigenvalue weighted by atomic mass is 19.1. The van der Waals surface area contributed by atoms with Gasteiger partial charge >= 0.3 is 0 Å². The summed E-state index contributed by atoms with van der Waals surface area (Å²) in [5.74, 6) is -2.08. The number of nitrogens with one attached hydrogen (secondary N) is 1. The van der Waals surface area contributed by atoms with Crippen LogP contribution < -0.4 is 33.9 Å². The van der Waals surface area contributed by atoms with Crippen LogP contribution in [0.4, 0.5) is 15.8 Å². The van der Waals surface area contributed by atoms with Gasteiger partial charge in [-0.05, 0) is 59.7 Å². The number of ketones is 1. The second-order valence-corrected chi connectivity index (χ2v) is 10.8. The van der Waals surface area contributed by atoms with Crippen molar-refractivity contribution >= 4 is 34.9 Å². The number of hydrogen-bond acceptors (Lipinski definition) is 9. The molecule has 0 saturated carbocycles. The zero-order valence-electron chi connectivity index (χ0n) is 27.4. The summed E-state index contributed by atoms with van der Waals surface area (Å²) in [5, 5.41) is 2.85. The van der Waals surface area contributed by atoms with Gasteiger partial charge in [-0.3, -0.25) is 24.1 Å². The summed E-state index contributed by atoms with van der Waals surface area (Å²) in [4.78, 5) is 57.2. The van der Waals surface area contributed by atoms with E-state index in [9.17, 15) is 23.6 Å². The Labute approximate surface area is 281 Å². The van der Waals surface area contributed by atoms with Crippen molar-refractivity contribution in [1.29, 1.82) is 0 Å². The molecular formula is C36H34FN3O9. The number of carbonyl (C=O) groups is 4. The summed E-state index contributed by atoms with van der Waals surface area (Å²) in [5.41, 5.74) is 1.43. The van der Waals surface area contributed by atoms with Crippen molar-refractivity contribution in [2.45, 2.75) is 12.6 Å². The number of halogens is 1. The molecule has 12 nitrogen and oxygen atoms in total. The normalized spacial score (nSPS) is 12.6. The summed E-state index contributed by atoms with van der Waals surface area (Å²) < 4.78 is 41.4. The lowest BCUT2D eigenvalue weighted by Crippen LogP contribution is -2.46. The van der Waals surface area contributed by atoms with E-state index in [2.05, 4.69) is 5.32 Å². The zero-order chi connectivity index (χ0) is 35.2. The Balaban J connectivity index is 1.66. The molecule has 0 spiro atoms. The molecule has 1 N–H and O–H groups in total. The Kier molecular flexibility index (Phi) is 10.3. The Morgan fingerprint density at radius 3 is 2.06 bits per heavy atom. The average molecular weight is 672 g/mol. The summed E-state index contributed by atoms with van der Waals surface area (Å²) >= 11 is 0. The van der Waals surface area contributed by atoms with Crippen LogP contribution >= 0.6 is 0 Å². The molecule has 5 rings (SSSR count). The highest BCUT2D eigenvalue weighted by Gasteiger charge is 2.40. The Bertz CT molecular complexity index is 1870. The molecule has 49 heavy (non-hydrogen) atoms. The van der Waals surface area contributed by atoms with Crippen LogP contribution in [0.5, 0.6) is 28.7 Å². The number of methoxy groups -OCH3 is 5. The summed E-state index contributed by atoms with van der Waals surface area (Å²) in [6.45, 7) is -0.784. The lowest BCUT2D eigenvalue weighted by atomic mass is 10.0. The smallest absolute Gasteiger partial charge is 0.299 e. The third kappa shape index (κ3) is 6.96. The molecule has 4 aromatic rings. The predicted molar refractivity (Wildman–Crippen MR) is 177 cm³/mol. The number of benzene rings is 4. The maximum atomic E-state index is 14.5. The first kappa shape index (κ1) is 34.2. The van der Waals surface area contributed by atoms with Gasteiger partial charge in [0.15, 0.2) is 11.5 Å². The van der Waals surface area contributed by atoms with E-state index in [0.717, 1.165) is 4.90 Å². The largest absolute Gasteiger partial charge is 0.497 e. The van der Waals surface area contributed by atoms with Crippen molar-refractivity contribution in [3.8, 4) is 28.7 Å². The van der Waals surface area contributed by atoms with Crippen molar-refractivity contribution in [3.05, 3.63) is 101 Å². The van der Waals surface area contributed by atoms with Crippen LogP contribution in [0.2, 0.25) is 0 Å². The lowest BCUT2D eigenvalue weighted by molar-refractivity contribution is -0.139. The molecule has 1 aliphatic heterocycles. The SMILES string of the molecule is COc1ccc(NC(=O)C(c2cc(OC)c(OC)c(OC)c2)N(Cc2ccc(F)cc2)C(=O)CN2C(=O)C(=O)c3ccccc32)c(OC)c1. The minimum absolute atomic E-state index is 0.163. The van der Waals surface area contributed by atoms with Crippen LogP contribution in [0.15, 0.2) is 78.9 Å². The fraction of sp³-hybridized carbons (Fsp3) is 0.222. The van der Waals surface area contributed by atoms with E-state index >= 15 is 0 Å². The molecule has 0 bridgehead atoms. The summed E-state index contributed by atoms with van der Waals surface area (Å²) in [7, 11) is 7.17. The number of nitrogens with zero attached hydrogens (tertiary/aromatic N) is 2. The van der Waals surface area contributed by atoms with E-state index in [1.54, 1.807) is 36.4 Å². The van der Waals surface area contributed by atoms with Gasteiger partial charge in [-0.1, -0.05) is 24.3 Å². The van der Waals surface area contributed by atoms with Crippen LogP contribution in [0.3, 0.4) is 0 Å². The van der Waals surface area contributed by atoms with Crippen LogP contribution in [-0.4, -0.2) is 70.5 Å². The molecule has 1 aliphatic rings. The van der Waals surface area contributed by atoms with Crippen molar-refractivity contribution in [1.82, 2.24) is 4.90 Å². The van der Waals surface area contributed by atoms with Gasteiger partial charge in [0.05, 0.1) is 52.5 Å². The minimum atomic E-state index is -1.42. The predicted octanol–water partition coefficient (Wildman–Crippen LogP) is 4.81. The third-order valence-electron chi connectivity index (χ3n) is 7.99. The molecule has 0 fully saturated rings. The molecule has 0 aliphatic carbocycles. The van der Waals surface area contributed by atoms with Crippen molar-refractivity contribution in [2.24, 2.45) is 0 Å². The Morgan fingerprint density at radius 1 is 0.796 bits per heavy atom. The molecule has 3 amide bonds. The highest BCUT2D eigenvalue weighted by Crippen LogP contribution is 2.42. The van der Waals surface area contributed by atoms with Crippen LogP contribution in [0.1, 0.15) is 27.5 Å². The minimum Gasteiger partial charge on any atom is -0.497 e. The average Bonchev–Trinajstić information content (AvgIpc) is 3.36. The van der Waals surface area contributed by atoms with Crippen LogP contribution in [0.25, 0.3) is 0 Å². The van der Waals surface area contributed by atoms with E-state index < -0.39 is 41.9 Å². The van der Waals surface area contributed by atoms with Crippen LogP contribution in [0, 0.1) is 5.82 Å². The van der Waals surface area contributed by atoms with Gasteiger partial charge in [0.1, 0.15) is 29.9 Å². The van der Waals surface area contributed by atoms with Gasteiger partial charge in [-0.25, -0.2) is 4.39 Å². The van der Waals surface area contributed by atoms with Gasteiger partial charge in [-0.15, -0.1) is 0 Å². The molecule has 0 saturated heterocycles. The molecule has 1 atom stereocenters. The van der Waals surface area contributed by atoms with Gasteiger partial charge in [0.25, 0.3) is 17.6 Å². The number of amides is 3. The first-order valence-corrected chi connectivity index (χ1v) is 15.0. The fourth-order valence-electron chi connectivity index (χ4n) is 5.58. The van der Waals surface area contributed by atoms with Gasteiger partial charge in [-0.2, -0.15) is 0 Å². The molecule has 4 aromatic carbocycles. The topological polar surface area (TPSA) is 133 Å². The Morgan fingerprint density at radius 2 is 1.45 bits per heavy atom. The number of rotatable bonds is 13. The molecule has 0 radical (unpaired) electrons. The van der Waals surface area contributed by atoms with Crippen molar-refractivity contribution in [2.75, 3.05) is 52.3 Å². The van der Waals surface area contributed by atoms with E-state index in [0.29, 0.717) is 11.3 Å². The number of hydrogen-bond donors (Lipinski definition) is 1. The van der Waals surface area contributed by atoms with Crippen molar-refractivity contribution in [3.63, 3.8) is 0 Å². The molecule has 0 aromatic heterocycles. The van der Waals surface area contributed by atoms with Gasteiger partial charge in [0.2, 0.25) is 11.7 Å². The maximum Gasteiger partial charge on any atom is 0.299 e. The lowest BCUT2D eigenvalue weighted by Gasteiger charge is -2.33. The molecular weight excluding hydrogens is 637 g/mol.